The van der Waals surface area contributed by atoms with E-state index >= 15 is 0 Å². The summed E-state index contributed by atoms with van der Waals surface area (Å²) < 4.78 is 19.7. The lowest BCUT2D eigenvalue weighted by molar-refractivity contribution is 0.303. The minimum Gasteiger partial charge on any atom is -0.488 e. The second kappa shape index (κ2) is 5.72. The molecule has 0 unspecified atom stereocenters. The maximum absolute atomic E-state index is 13.2. The Balaban J connectivity index is 2.14. The largest absolute Gasteiger partial charge is 0.488 e. The van der Waals surface area contributed by atoms with E-state index in [1.807, 2.05) is 25.1 Å². The summed E-state index contributed by atoms with van der Waals surface area (Å²) in [6.07, 6.45) is 0. The lowest BCUT2D eigenvalue weighted by atomic mass is 10.2. The monoisotopic (exact) mass is 328 g/mol. The topological polar surface area (TPSA) is 9.23 Å². The molecule has 0 N–H and O–H groups in total. The number of hydrogen-bond donors (Lipinski definition) is 0. The first-order chi connectivity index (χ1) is 8.58. The molecule has 0 saturated carbocycles. The maximum Gasteiger partial charge on any atom is 0.142 e. The van der Waals surface area contributed by atoms with Crippen LogP contribution in [0.1, 0.15) is 11.1 Å². The van der Waals surface area contributed by atoms with E-state index in [9.17, 15) is 4.39 Å². The molecular weight excluding hydrogens is 319 g/mol. The van der Waals surface area contributed by atoms with Crippen molar-refractivity contribution in [3.05, 3.63) is 62.8 Å². The number of rotatable bonds is 3. The van der Waals surface area contributed by atoms with Gasteiger partial charge in [0.25, 0.3) is 0 Å². The molecule has 94 valence electrons. The van der Waals surface area contributed by atoms with Crippen LogP contribution < -0.4 is 4.74 Å². The lowest BCUT2D eigenvalue weighted by Gasteiger charge is -2.10. The smallest absolute Gasteiger partial charge is 0.142 e. The zero-order valence-electron chi connectivity index (χ0n) is 9.71. The van der Waals surface area contributed by atoms with Gasteiger partial charge in [-0.15, -0.1) is 0 Å². The van der Waals surface area contributed by atoms with Gasteiger partial charge in [-0.2, -0.15) is 0 Å². The van der Waals surface area contributed by atoms with Gasteiger partial charge in [-0.3, -0.25) is 0 Å². The van der Waals surface area contributed by atoms with Gasteiger partial charge < -0.3 is 4.74 Å². The van der Waals surface area contributed by atoms with Crippen molar-refractivity contribution in [3.8, 4) is 5.75 Å². The van der Waals surface area contributed by atoms with Crippen LogP contribution in [0.2, 0.25) is 5.02 Å². The second-order valence-electron chi connectivity index (χ2n) is 3.94. The summed E-state index contributed by atoms with van der Waals surface area (Å²) in [6, 6.07) is 10.5. The number of ether oxygens (including phenoxy) is 1. The first kappa shape index (κ1) is 13.4. The van der Waals surface area contributed by atoms with Crippen molar-refractivity contribution < 1.29 is 9.13 Å². The first-order valence-corrected chi connectivity index (χ1v) is 6.57. The quantitative estimate of drug-likeness (QED) is 0.758. The van der Waals surface area contributed by atoms with Crippen LogP contribution in [-0.2, 0) is 6.61 Å². The van der Waals surface area contributed by atoms with Gasteiger partial charge in [0.2, 0.25) is 0 Å². The summed E-state index contributed by atoms with van der Waals surface area (Å²) in [6.45, 7) is 2.23. The van der Waals surface area contributed by atoms with E-state index in [2.05, 4.69) is 15.9 Å². The van der Waals surface area contributed by atoms with Crippen LogP contribution in [-0.4, -0.2) is 0 Å². The summed E-state index contributed by atoms with van der Waals surface area (Å²) in [5.41, 5.74) is 1.77. The highest BCUT2D eigenvalue weighted by Crippen LogP contribution is 2.28. The van der Waals surface area contributed by atoms with Gasteiger partial charge in [-0.1, -0.05) is 29.8 Å². The van der Waals surface area contributed by atoms with Crippen LogP contribution >= 0.6 is 27.5 Å². The molecule has 0 fully saturated rings. The van der Waals surface area contributed by atoms with Crippen LogP contribution in [0, 0.1) is 12.7 Å². The molecular formula is C14H11BrClFO. The van der Waals surface area contributed by atoms with Gasteiger partial charge in [0.05, 0.1) is 9.50 Å². The normalized spacial score (nSPS) is 10.4. The highest BCUT2D eigenvalue weighted by Gasteiger charge is 2.07. The average Bonchev–Trinajstić information content (AvgIpc) is 2.33. The fourth-order valence-corrected chi connectivity index (χ4v) is 2.33. The number of aryl methyl sites for hydroxylation is 1. The summed E-state index contributed by atoms with van der Waals surface area (Å²) >= 11 is 9.28. The van der Waals surface area contributed by atoms with E-state index in [1.54, 1.807) is 12.1 Å². The van der Waals surface area contributed by atoms with E-state index in [0.717, 1.165) is 10.0 Å². The van der Waals surface area contributed by atoms with E-state index < -0.39 is 5.82 Å². The third kappa shape index (κ3) is 3.03. The lowest BCUT2D eigenvalue weighted by Crippen LogP contribution is -1.98. The van der Waals surface area contributed by atoms with E-state index in [4.69, 9.17) is 16.3 Å². The molecule has 0 bridgehead atoms. The van der Waals surface area contributed by atoms with Crippen molar-refractivity contribution >= 4 is 27.5 Å². The van der Waals surface area contributed by atoms with Crippen LogP contribution in [0.15, 0.2) is 40.9 Å². The molecule has 0 saturated heterocycles. The number of hydrogen-bond acceptors (Lipinski definition) is 1. The van der Waals surface area contributed by atoms with Gasteiger partial charge in [0.1, 0.15) is 18.2 Å². The number of benzene rings is 2. The Hall–Kier alpha value is -1.06. The van der Waals surface area contributed by atoms with Crippen LogP contribution in [0.3, 0.4) is 0 Å². The molecule has 2 aromatic carbocycles. The Kier molecular flexibility index (Phi) is 4.25. The molecule has 0 atom stereocenters. The van der Waals surface area contributed by atoms with E-state index in [-0.39, 0.29) is 11.6 Å². The Bertz CT molecular complexity index is 572. The highest BCUT2D eigenvalue weighted by atomic mass is 79.9. The molecule has 0 aliphatic rings. The Morgan fingerprint density at radius 3 is 2.78 bits per heavy atom. The third-order valence-corrected chi connectivity index (χ3v) is 3.55. The van der Waals surface area contributed by atoms with Gasteiger partial charge in [-0.25, -0.2) is 4.39 Å². The molecule has 2 aromatic rings. The molecule has 18 heavy (non-hydrogen) atoms. The minimum absolute atomic E-state index is 0.112. The summed E-state index contributed by atoms with van der Waals surface area (Å²) in [5.74, 6) is 0.279. The zero-order chi connectivity index (χ0) is 13.1. The van der Waals surface area contributed by atoms with Crippen molar-refractivity contribution in [1.29, 1.82) is 0 Å². The van der Waals surface area contributed by atoms with Gasteiger partial charge in [0.15, 0.2) is 0 Å². The van der Waals surface area contributed by atoms with Crippen LogP contribution in [0.25, 0.3) is 0 Å². The molecule has 0 radical (unpaired) electrons. The SMILES string of the molecule is Cc1ccc(OCc2cccc(F)c2Cl)c(Br)c1. The van der Waals surface area contributed by atoms with Crippen LogP contribution in [0.5, 0.6) is 5.75 Å². The molecule has 4 heteroatoms. The molecule has 0 amide bonds. The summed E-state index contributed by atoms with van der Waals surface area (Å²) in [5, 5.41) is 0.112. The van der Waals surface area contributed by atoms with Gasteiger partial charge >= 0.3 is 0 Å². The van der Waals surface area contributed by atoms with Crippen molar-refractivity contribution in [2.45, 2.75) is 13.5 Å². The molecule has 0 aromatic heterocycles. The van der Waals surface area contributed by atoms with E-state index in [0.29, 0.717) is 11.3 Å². The molecule has 1 nitrogen and oxygen atoms in total. The zero-order valence-corrected chi connectivity index (χ0v) is 12.1. The standard InChI is InChI=1S/C14H11BrClFO/c1-9-5-6-13(11(15)7-9)18-8-10-3-2-4-12(17)14(10)16/h2-7H,8H2,1H3. The third-order valence-electron chi connectivity index (χ3n) is 2.50. The Morgan fingerprint density at radius 1 is 1.28 bits per heavy atom. The summed E-state index contributed by atoms with van der Waals surface area (Å²) in [4.78, 5) is 0. The Morgan fingerprint density at radius 2 is 2.06 bits per heavy atom. The first-order valence-electron chi connectivity index (χ1n) is 5.40. The molecule has 0 aliphatic carbocycles. The molecule has 2 rings (SSSR count). The second-order valence-corrected chi connectivity index (χ2v) is 5.17. The number of halogens is 3. The molecule has 0 spiro atoms. The molecule has 0 aliphatic heterocycles. The van der Waals surface area contributed by atoms with Gasteiger partial charge in [-0.05, 0) is 46.6 Å². The van der Waals surface area contributed by atoms with Gasteiger partial charge in [0, 0.05) is 5.56 Å². The molecule has 0 heterocycles. The Labute approximate surface area is 119 Å². The van der Waals surface area contributed by atoms with Crippen molar-refractivity contribution in [3.63, 3.8) is 0 Å². The fourth-order valence-electron chi connectivity index (χ4n) is 1.54. The average molecular weight is 330 g/mol. The fraction of sp³-hybridized carbons (Fsp3) is 0.143. The minimum atomic E-state index is -0.430. The highest BCUT2D eigenvalue weighted by molar-refractivity contribution is 9.10. The predicted octanol–water partition coefficient (Wildman–Crippen LogP) is 5.13. The predicted molar refractivity (Wildman–Crippen MR) is 74.6 cm³/mol. The van der Waals surface area contributed by atoms with Crippen molar-refractivity contribution in [2.24, 2.45) is 0 Å². The van der Waals surface area contributed by atoms with Crippen molar-refractivity contribution in [2.75, 3.05) is 0 Å². The summed E-state index contributed by atoms with van der Waals surface area (Å²) in [7, 11) is 0. The van der Waals surface area contributed by atoms with Crippen molar-refractivity contribution in [1.82, 2.24) is 0 Å². The maximum atomic E-state index is 13.2. The van der Waals surface area contributed by atoms with Crippen LogP contribution in [0.4, 0.5) is 4.39 Å². The van der Waals surface area contributed by atoms with E-state index in [1.165, 1.54) is 6.07 Å².